The van der Waals surface area contributed by atoms with Gasteiger partial charge >= 0.3 is 0 Å². The van der Waals surface area contributed by atoms with E-state index in [1.807, 2.05) is 35.7 Å². The number of carbonyl (C=O) groups is 2. The monoisotopic (exact) mass is 510 g/mol. The summed E-state index contributed by atoms with van der Waals surface area (Å²) >= 11 is 14.2. The highest BCUT2D eigenvalue weighted by molar-refractivity contribution is 7.10. The second-order valence-corrected chi connectivity index (χ2v) is 9.65. The summed E-state index contributed by atoms with van der Waals surface area (Å²) in [6.07, 6.45) is 0.775. The largest absolute Gasteiger partial charge is 0.322 e. The Kier molecular flexibility index (Phi) is 6.13. The van der Waals surface area contributed by atoms with Crippen molar-refractivity contribution in [3.63, 3.8) is 0 Å². The highest BCUT2D eigenvalue weighted by Gasteiger charge is 2.27. The van der Waals surface area contributed by atoms with Gasteiger partial charge in [-0.25, -0.2) is 4.39 Å². The van der Waals surface area contributed by atoms with E-state index in [4.69, 9.17) is 23.2 Å². The van der Waals surface area contributed by atoms with Crippen LogP contribution in [0.5, 0.6) is 0 Å². The quantitative estimate of drug-likeness (QED) is 0.316. The van der Waals surface area contributed by atoms with Crippen LogP contribution in [0.1, 0.15) is 36.7 Å². The zero-order chi connectivity index (χ0) is 23.8. The molecule has 0 radical (unpaired) electrons. The van der Waals surface area contributed by atoms with Crippen molar-refractivity contribution in [1.82, 2.24) is 0 Å². The Morgan fingerprint density at radius 3 is 2.47 bits per heavy atom. The molecule has 1 N–H and O–H groups in total. The number of nitrogens with one attached hydrogen (secondary N) is 1. The lowest BCUT2D eigenvalue weighted by molar-refractivity contribution is 0.0984. The van der Waals surface area contributed by atoms with Gasteiger partial charge in [0.25, 0.3) is 11.8 Å². The van der Waals surface area contributed by atoms with Crippen molar-refractivity contribution < 1.29 is 14.0 Å². The molecule has 0 atom stereocenters. The number of hydrogen-bond donors (Lipinski definition) is 1. The molecule has 5 rings (SSSR count). The number of halogens is 3. The smallest absolute Gasteiger partial charge is 0.260 e. The molecule has 0 saturated heterocycles. The van der Waals surface area contributed by atoms with E-state index in [1.165, 1.54) is 17.0 Å². The third kappa shape index (κ3) is 4.32. The van der Waals surface area contributed by atoms with E-state index in [0.717, 1.165) is 35.4 Å². The molecular weight excluding hydrogens is 494 g/mol. The van der Waals surface area contributed by atoms with Gasteiger partial charge in [0.1, 0.15) is 5.82 Å². The fraction of sp³-hybridized carbons (Fsp3) is 0.0769. The molecule has 1 aliphatic heterocycles. The number of nitrogens with zero attached hydrogens (tertiary/aromatic N) is 1. The van der Waals surface area contributed by atoms with E-state index >= 15 is 0 Å². The van der Waals surface area contributed by atoms with Crippen LogP contribution in [0.15, 0.2) is 72.1 Å². The van der Waals surface area contributed by atoms with Crippen molar-refractivity contribution in [3.8, 4) is 0 Å². The van der Waals surface area contributed by atoms with Crippen molar-refractivity contribution in [2.45, 2.75) is 13.0 Å². The molecule has 1 aliphatic rings. The molecule has 0 bridgehead atoms. The van der Waals surface area contributed by atoms with Crippen LogP contribution in [-0.2, 0) is 13.0 Å². The molecule has 4 nitrogen and oxygen atoms in total. The zero-order valence-corrected chi connectivity index (χ0v) is 20.0. The summed E-state index contributed by atoms with van der Waals surface area (Å²) in [6.45, 7) is 0.451. The van der Waals surface area contributed by atoms with Gasteiger partial charge in [-0.05, 0) is 65.0 Å². The number of rotatable bonds is 3. The minimum absolute atomic E-state index is 0.00280. The highest BCUT2D eigenvalue weighted by Crippen LogP contribution is 2.35. The maximum Gasteiger partial charge on any atom is 0.260 e. The van der Waals surface area contributed by atoms with Crippen LogP contribution in [0.4, 0.5) is 15.8 Å². The number of fused-ring (bicyclic) bond motifs is 2. The Balaban J connectivity index is 1.42. The molecule has 0 saturated carbocycles. The first-order valence-electron chi connectivity index (χ1n) is 10.4. The van der Waals surface area contributed by atoms with Crippen molar-refractivity contribution in [2.24, 2.45) is 0 Å². The van der Waals surface area contributed by atoms with Gasteiger partial charge in [0.15, 0.2) is 0 Å². The Morgan fingerprint density at radius 2 is 1.68 bits per heavy atom. The Labute approximate surface area is 209 Å². The standard InChI is InChI=1S/C26H17Cl2FN2O2S/c27-21-12-17(29)5-7-19(21)25(32)30-18-6-8-20(22(28)13-18)26(33)31-14-16-9-10-34-24(16)11-15-3-1-2-4-23(15)31/h1-10,12-13H,11,14H2,(H,30,32). The SMILES string of the molecule is O=C(Nc1ccc(C(=O)N2Cc3ccsc3Cc3ccccc32)c(Cl)c1)c1ccc(F)cc1Cl. The summed E-state index contributed by atoms with van der Waals surface area (Å²) in [5.41, 5.74) is 3.90. The second kappa shape index (κ2) is 9.22. The molecule has 3 aromatic carbocycles. The molecule has 4 aromatic rings. The van der Waals surface area contributed by atoms with Crippen molar-refractivity contribution >= 4 is 57.7 Å². The summed E-state index contributed by atoms with van der Waals surface area (Å²) in [4.78, 5) is 29.1. The first-order chi connectivity index (χ1) is 16.4. The third-order valence-corrected chi connectivity index (χ3v) is 7.27. The second-order valence-electron chi connectivity index (χ2n) is 7.84. The molecule has 0 aliphatic carbocycles. The van der Waals surface area contributed by atoms with E-state index in [1.54, 1.807) is 28.4 Å². The molecule has 0 spiro atoms. The highest BCUT2D eigenvalue weighted by atomic mass is 35.5. The van der Waals surface area contributed by atoms with Crippen molar-refractivity contribution in [3.05, 3.63) is 115 Å². The molecule has 34 heavy (non-hydrogen) atoms. The molecule has 170 valence electrons. The van der Waals surface area contributed by atoms with Gasteiger partial charge in [-0.3, -0.25) is 9.59 Å². The predicted molar refractivity (Wildman–Crippen MR) is 135 cm³/mol. The minimum Gasteiger partial charge on any atom is -0.322 e. The van der Waals surface area contributed by atoms with Gasteiger partial charge in [-0.1, -0.05) is 41.4 Å². The number of hydrogen-bond acceptors (Lipinski definition) is 3. The third-order valence-electron chi connectivity index (χ3n) is 5.68. The van der Waals surface area contributed by atoms with E-state index in [0.29, 0.717) is 17.8 Å². The molecule has 2 heterocycles. The fourth-order valence-corrected chi connectivity index (χ4v) is 5.41. The van der Waals surface area contributed by atoms with Crippen LogP contribution < -0.4 is 10.2 Å². The normalized spacial score (nSPS) is 12.5. The summed E-state index contributed by atoms with van der Waals surface area (Å²) in [5.74, 6) is -1.26. The molecule has 0 fully saturated rings. The molecule has 2 amide bonds. The van der Waals surface area contributed by atoms with Gasteiger partial charge in [0.05, 0.1) is 27.7 Å². The van der Waals surface area contributed by atoms with Crippen LogP contribution in [0, 0.1) is 5.82 Å². The molecular formula is C26H17Cl2FN2O2S. The number of anilines is 2. The van der Waals surface area contributed by atoms with Crippen molar-refractivity contribution in [1.29, 1.82) is 0 Å². The van der Waals surface area contributed by atoms with Gasteiger partial charge in [0.2, 0.25) is 0 Å². The van der Waals surface area contributed by atoms with E-state index < -0.39 is 11.7 Å². The topological polar surface area (TPSA) is 49.4 Å². The lowest BCUT2D eigenvalue weighted by atomic mass is 10.1. The first kappa shape index (κ1) is 22.6. The number of para-hydroxylation sites is 1. The minimum atomic E-state index is -0.530. The maximum atomic E-state index is 13.6. The van der Waals surface area contributed by atoms with Crippen LogP contribution in [0.2, 0.25) is 10.0 Å². The van der Waals surface area contributed by atoms with E-state index in [-0.39, 0.29) is 21.5 Å². The van der Waals surface area contributed by atoms with Crippen LogP contribution in [-0.4, -0.2) is 11.8 Å². The number of amides is 2. The Bertz CT molecular complexity index is 1440. The first-order valence-corrected chi connectivity index (χ1v) is 12.1. The van der Waals surface area contributed by atoms with E-state index in [9.17, 15) is 14.0 Å². The van der Waals surface area contributed by atoms with Gasteiger partial charge in [-0.2, -0.15) is 0 Å². The molecule has 0 unspecified atom stereocenters. The molecule has 8 heteroatoms. The summed E-state index contributed by atoms with van der Waals surface area (Å²) in [5, 5.41) is 4.94. The molecule has 1 aromatic heterocycles. The lowest BCUT2D eigenvalue weighted by Gasteiger charge is -2.24. The van der Waals surface area contributed by atoms with Crippen LogP contribution >= 0.6 is 34.5 Å². The predicted octanol–water partition coefficient (Wildman–Crippen LogP) is 7.20. The van der Waals surface area contributed by atoms with E-state index in [2.05, 4.69) is 5.32 Å². The van der Waals surface area contributed by atoms with Crippen LogP contribution in [0.25, 0.3) is 0 Å². The lowest BCUT2D eigenvalue weighted by Crippen LogP contribution is -2.30. The fourth-order valence-electron chi connectivity index (χ4n) is 3.98. The Hall–Kier alpha value is -3.19. The average Bonchev–Trinajstić information content (AvgIpc) is 3.17. The van der Waals surface area contributed by atoms with Crippen molar-refractivity contribution in [2.75, 3.05) is 10.2 Å². The summed E-state index contributed by atoms with van der Waals surface area (Å²) in [7, 11) is 0. The number of benzene rings is 3. The van der Waals surface area contributed by atoms with Gasteiger partial charge in [-0.15, -0.1) is 11.3 Å². The van der Waals surface area contributed by atoms with Crippen LogP contribution in [0.3, 0.4) is 0 Å². The Morgan fingerprint density at radius 1 is 0.912 bits per heavy atom. The maximum absolute atomic E-state index is 13.6. The summed E-state index contributed by atoms with van der Waals surface area (Å²) < 4.78 is 13.3. The van der Waals surface area contributed by atoms with Gasteiger partial charge in [0, 0.05) is 22.7 Å². The number of thiophene rings is 1. The zero-order valence-electron chi connectivity index (χ0n) is 17.6. The average molecular weight is 511 g/mol. The van der Waals surface area contributed by atoms with Gasteiger partial charge < -0.3 is 10.2 Å². The number of carbonyl (C=O) groups excluding carboxylic acids is 2. The summed E-state index contributed by atoms with van der Waals surface area (Å²) in [6, 6.07) is 18.2.